The zero-order valence-electron chi connectivity index (χ0n) is 9.99. The second-order valence-electron chi connectivity index (χ2n) is 5.25. The van der Waals surface area contributed by atoms with Crippen molar-refractivity contribution < 1.29 is 4.74 Å². The van der Waals surface area contributed by atoms with Gasteiger partial charge in [-0.05, 0) is 31.2 Å². The van der Waals surface area contributed by atoms with Gasteiger partial charge in [0.25, 0.3) is 0 Å². The van der Waals surface area contributed by atoms with E-state index in [1.807, 2.05) is 0 Å². The topological polar surface area (TPSA) is 12.5 Å². The zero-order valence-corrected chi connectivity index (χ0v) is 9.99. The summed E-state index contributed by atoms with van der Waals surface area (Å²) in [6.07, 6.45) is 7.29. The van der Waals surface area contributed by atoms with Crippen LogP contribution in [0.1, 0.15) is 44.6 Å². The fourth-order valence-electron chi connectivity index (χ4n) is 3.46. The maximum Gasteiger partial charge on any atom is 0.122 e. The van der Waals surface area contributed by atoms with Crippen LogP contribution in [0, 0.1) is 5.92 Å². The molecular formula is C15H20O. The van der Waals surface area contributed by atoms with Gasteiger partial charge < -0.3 is 4.74 Å². The van der Waals surface area contributed by atoms with Crippen molar-refractivity contribution >= 4 is 0 Å². The zero-order chi connectivity index (χ0) is 11.0. The summed E-state index contributed by atoms with van der Waals surface area (Å²) < 4.78 is 6.03. The molecule has 2 atom stereocenters. The van der Waals surface area contributed by atoms with Crippen LogP contribution < -0.4 is 0 Å². The maximum atomic E-state index is 6.03. The molecule has 2 unspecified atom stereocenters. The predicted molar refractivity (Wildman–Crippen MR) is 65.2 cm³/mol. The molecule has 0 aromatic heterocycles. The molecule has 0 amide bonds. The Morgan fingerprint density at radius 3 is 2.25 bits per heavy atom. The Bertz CT molecular complexity index is 353. The van der Waals surface area contributed by atoms with Crippen molar-refractivity contribution in [2.45, 2.75) is 50.7 Å². The minimum absolute atomic E-state index is 0.0711. The van der Waals surface area contributed by atoms with Crippen LogP contribution in [0.3, 0.4) is 0 Å². The van der Waals surface area contributed by atoms with Gasteiger partial charge in [0.1, 0.15) is 5.60 Å². The van der Waals surface area contributed by atoms with E-state index < -0.39 is 0 Å². The Labute approximate surface area is 97.8 Å². The van der Waals surface area contributed by atoms with E-state index in [9.17, 15) is 0 Å². The average molecular weight is 216 g/mol. The van der Waals surface area contributed by atoms with Crippen LogP contribution in [-0.2, 0) is 10.3 Å². The average Bonchev–Trinajstić information content (AvgIpc) is 3.05. The summed E-state index contributed by atoms with van der Waals surface area (Å²) in [5, 5.41) is 0. The third-order valence-corrected chi connectivity index (χ3v) is 4.36. The van der Waals surface area contributed by atoms with Crippen molar-refractivity contribution in [2.24, 2.45) is 5.92 Å². The second kappa shape index (κ2) is 3.89. The Morgan fingerprint density at radius 2 is 1.69 bits per heavy atom. The van der Waals surface area contributed by atoms with Crippen molar-refractivity contribution in [3.05, 3.63) is 35.9 Å². The molecule has 3 rings (SSSR count). The van der Waals surface area contributed by atoms with Gasteiger partial charge in [-0.2, -0.15) is 0 Å². The van der Waals surface area contributed by atoms with E-state index in [2.05, 4.69) is 37.3 Å². The van der Waals surface area contributed by atoms with Gasteiger partial charge in [-0.1, -0.05) is 49.6 Å². The summed E-state index contributed by atoms with van der Waals surface area (Å²) in [6.45, 7) is 2.22. The van der Waals surface area contributed by atoms with Crippen molar-refractivity contribution in [1.29, 1.82) is 0 Å². The third-order valence-electron chi connectivity index (χ3n) is 4.36. The molecule has 1 nitrogen and oxygen atoms in total. The van der Waals surface area contributed by atoms with Gasteiger partial charge in [0.05, 0.1) is 6.10 Å². The standard InChI is InChI=1S/C15H20O/c1-12-15(16-12,13-8-4-2-5-9-13)14-10-6-3-7-11-14/h2,4-5,8-9,12,14H,3,6-7,10-11H2,1H3. The Balaban J connectivity index is 1.89. The first-order chi connectivity index (χ1) is 7.84. The van der Waals surface area contributed by atoms with E-state index in [4.69, 9.17) is 4.74 Å². The van der Waals surface area contributed by atoms with Crippen LogP contribution in [0.2, 0.25) is 0 Å². The summed E-state index contributed by atoms with van der Waals surface area (Å²) >= 11 is 0. The fraction of sp³-hybridized carbons (Fsp3) is 0.600. The molecule has 0 spiro atoms. The van der Waals surface area contributed by atoms with Gasteiger partial charge >= 0.3 is 0 Å². The van der Waals surface area contributed by atoms with Crippen molar-refractivity contribution in [3.8, 4) is 0 Å². The number of ether oxygens (including phenoxy) is 1. The lowest BCUT2D eigenvalue weighted by Crippen LogP contribution is -2.26. The molecule has 1 saturated carbocycles. The van der Waals surface area contributed by atoms with E-state index in [-0.39, 0.29) is 5.60 Å². The second-order valence-corrected chi connectivity index (χ2v) is 5.25. The molecule has 0 N–H and O–H groups in total. The highest BCUT2D eigenvalue weighted by molar-refractivity contribution is 5.30. The third kappa shape index (κ3) is 1.49. The predicted octanol–water partition coefficient (Wildman–Crippen LogP) is 3.88. The van der Waals surface area contributed by atoms with Crippen LogP contribution in [0.5, 0.6) is 0 Å². The molecular weight excluding hydrogens is 196 g/mol. The summed E-state index contributed by atoms with van der Waals surface area (Å²) in [5.74, 6) is 0.749. The smallest absolute Gasteiger partial charge is 0.122 e. The lowest BCUT2D eigenvalue weighted by Gasteiger charge is -2.28. The van der Waals surface area contributed by atoms with Gasteiger partial charge in [-0.25, -0.2) is 0 Å². The molecule has 1 aromatic carbocycles. The fourth-order valence-corrected chi connectivity index (χ4v) is 3.46. The molecule has 1 aliphatic heterocycles. The van der Waals surface area contributed by atoms with Gasteiger partial charge in [-0.15, -0.1) is 0 Å². The number of hydrogen-bond acceptors (Lipinski definition) is 1. The molecule has 2 aliphatic rings. The summed E-state index contributed by atoms with van der Waals surface area (Å²) in [4.78, 5) is 0. The molecule has 0 radical (unpaired) electrons. The first-order valence-corrected chi connectivity index (χ1v) is 6.57. The molecule has 1 aromatic rings. The molecule has 1 aliphatic carbocycles. The molecule has 1 saturated heterocycles. The van der Waals surface area contributed by atoms with E-state index in [0.29, 0.717) is 6.10 Å². The Kier molecular flexibility index (Phi) is 2.51. The first kappa shape index (κ1) is 10.3. The van der Waals surface area contributed by atoms with E-state index in [1.54, 1.807) is 0 Å². The van der Waals surface area contributed by atoms with Crippen molar-refractivity contribution in [3.63, 3.8) is 0 Å². The molecule has 1 heteroatoms. The monoisotopic (exact) mass is 216 g/mol. The van der Waals surface area contributed by atoms with Gasteiger partial charge in [0, 0.05) is 0 Å². The molecule has 86 valence electrons. The highest BCUT2D eigenvalue weighted by atomic mass is 16.6. The molecule has 16 heavy (non-hydrogen) atoms. The number of epoxide rings is 1. The number of benzene rings is 1. The maximum absolute atomic E-state index is 6.03. The van der Waals surface area contributed by atoms with Crippen molar-refractivity contribution in [1.82, 2.24) is 0 Å². The van der Waals surface area contributed by atoms with Crippen LogP contribution in [0.4, 0.5) is 0 Å². The quantitative estimate of drug-likeness (QED) is 0.683. The lowest BCUT2D eigenvalue weighted by atomic mass is 9.75. The van der Waals surface area contributed by atoms with Gasteiger partial charge in [0.15, 0.2) is 0 Å². The number of hydrogen-bond donors (Lipinski definition) is 0. The molecule has 2 fully saturated rings. The summed E-state index contributed by atoms with van der Waals surface area (Å²) in [7, 11) is 0. The van der Waals surface area contributed by atoms with Crippen LogP contribution in [0.15, 0.2) is 30.3 Å². The van der Waals surface area contributed by atoms with Crippen molar-refractivity contribution in [2.75, 3.05) is 0 Å². The van der Waals surface area contributed by atoms with Crippen LogP contribution in [-0.4, -0.2) is 6.10 Å². The minimum Gasteiger partial charge on any atom is -0.361 e. The van der Waals surface area contributed by atoms with Gasteiger partial charge in [-0.3, -0.25) is 0 Å². The van der Waals surface area contributed by atoms with E-state index >= 15 is 0 Å². The summed E-state index contributed by atoms with van der Waals surface area (Å²) in [6, 6.07) is 10.8. The molecule has 0 bridgehead atoms. The highest BCUT2D eigenvalue weighted by Gasteiger charge is 2.59. The Morgan fingerprint density at radius 1 is 1.06 bits per heavy atom. The Hall–Kier alpha value is -0.820. The van der Waals surface area contributed by atoms with Gasteiger partial charge in [0.2, 0.25) is 0 Å². The molecule has 1 heterocycles. The van der Waals surface area contributed by atoms with Crippen LogP contribution in [0.25, 0.3) is 0 Å². The first-order valence-electron chi connectivity index (χ1n) is 6.57. The highest BCUT2D eigenvalue weighted by Crippen LogP contribution is 2.55. The minimum atomic E-state index is 0.0711. The lowest BCUT2D eigenvalue weighted by molar-refractivity contribution is 0.173. The SMILES string of the molecule is CC1OC1(c1ccccc1)C1CCCCC1. The van der Waals surface area contributed by atoms with E-state index in [1.165, 1.54) is 37.7 Å². The van der Waals surface area contributed by atoms with E-state index in [0.717, 1.165) is 5.92 Å². The largest absolute Gasteiger partial charge is 0.361 e. The van der Waals surface area contributed by atoms with Crippen LogP contribution >= 0.6 is 0 Å². The number of rotatable bonds is 2. The summed E-state index contributed by atoms with van der Waals surface area (Å²) in [5.41, 5.74) is 1.47. The normalized spacial score (nSPS) is 34.9.